The van der Waals surface area contributed by atoms with Gasteiger partial charge in [0.25, 0.3) is 0 Å². The molecule has 102 valence electrons. The topological polar surface area (TPSA) is 21.3 Å². The van der Waals surface area contributed by atoms with E-state index in [2.05, 4.69) is 54.9 Å². The van der Waals surface area contributed by atoms with Crippen LogP contribution in [0.3, 0.4) is 0 Å². The van der Waals surface area contributed by atoms with Gasteiger partial charge in [0.1, 0.15) is 5.75 Å². The number of benzene rings is 1. The van der Waals surface area contributed by atoms with E-state index in [1.54, 1.807) is 18.4 Å². The molecule has 0 amide bonds. The number of ether oxygens (including phenoxy) is 1. The first-order valence-corrected chi connectivity index (χ1v) is 7.55. The second-order valence-corrected chi connectivity index (χ2v) is 5.63. The van der Waals surface area contributed by atoms with Gasteiger partial charge in [0.05, 0.1) is 13.2 Å². The van der Waals surface area contributed by atoms with Gasteiger partial charge in [-0.15, -0.1) is 11.3 Å². The summed E-state index contributed by atoms with van der Waals surface area (Å²) in [5.41, 5.74) is 2.61. The summed E-state index contributed by atoms with van der Waals surface area (Å²) in [7, 11) is 1.72. The lowest BCUT2D eigenvalue weighted by atomic mass is 10.0. The predicted molar refractivity (Wildman–Crippen MR) is 82.2 cm³/mol. The van der Waals surface area contributed by atoms with Gasteiger partial charge in [0.2, 0.25) is 0 Å². The highest BCUT2D eigenvalue weighted by Crippen LogP contribution is 2.31. The maximum Gasteiger partial charge on any atom is 0.129 e. The van der Waals surface area contributed by atoms with Crippen molar-refractivity contribution < 1.29 is 4.74 Å². The van der Waals surface area contributed by atoms with Crippen molar-refractivity contribution in [3.8, 4) is 5.75 Å². The standard InChI is InChI=1S/C16H21NOS/c1-4-8-17-16(13-7-5-6-12(2)9-13)15-10-14(18-3)11-19-15/h5-7,9-11,16-17H,4,8H2,1-3H3. The second kappa shape index (κ2) is 6.73. The minimum Gasteiger partial charge on any atom is -0.496 e. The van der Waals surface area contributed by atoms with Crippen LogP contribution in [-0.2, 0) is 0 Å². The second-order valence-electron chi connectivity index (χ2n) is 4.69. The van der Waals surface area contributed by atoms with Crippen LogP contribution in [0.25, 0.3) is 0 Å². The van der Waals surface area contributed by atoms with E-state index in [9.17, 15) is 0 Å². The fourth-order valence-corrected chi connectivity index (χ4v) is 3.07. The van der Waals surface area contributed by atoms with E-state index in [1.807, 2.05) is 0 Å². The van der Waals surface area contributed by atoms with Gasteiger partial charge in [0.15, 0.2) is 0 Å². The van der Waals surface area contributed by atoms with Crippen LogP contribution in [0.2, 0.25) is 0 Å². The molecule has 0 bridgehead atoms. The minimum atomic E-state index is 0.258. The molecule has 1 unspecified atom stereocenters. The third-order valence-electron chi connectivity index (χ3n) is 3.09. The molecule has 1 aromatic carbocycles. The van der Waals surface area contributed by atoms with Crippen molar-refractivity contribution in [2.45, 2.75) is 26.3 Å². The van der Waals surface area contributed by atoms with Crippen LogP contribution in [0.5, 0.6) is 5.75 Å². The fourth-order valence-electron chi connectivity index (χ4n) is 2.11. The molecule has 0 aliphatic heterocycles. The first-order valence-electron chi connectivity index (χ1n) is 6.67. The Morgan fingerprint density at radius 2 is 2.16 bits per heavy atom. The summed E-state index contributed by atoms with van der Waals surface area (Å²) in [6.07, 6.45) is 1.13. The van der Waals surface area contributed by atoms with Crippen molar-refractivity contribution in [3.63, 3.8) is 0 Å². The molecule has 1 aromatic heterocycles. The van der Waals surface area contributed by atoms with Gasteiger partial charge in [-0.3, -0.25) is 0 Å². The third-order valence-corrected chi connectivity index (χ3v) is 4.07. The largest absolute Gasteiger partial charge is 0.496 e. The maximum absolute atomic E-state index is 5.29. The van der Waals surface area contributed by atoms with E-state index >= 15 is 0 Å². The number of methoxy groups -OCH3 is 1. The van der Waals surface area contributed by atoms with Crippen molar-refractivity contribution in [1.29, 1.82) is 0 Å². The SMILES string of the molecule is CCCNC(c1cccc(C)c1)c1cc(OC)cs1. The van der Waals surface area contributed by atoms with E-state index in [-0.39, 0.29) is 6.04 Å². The Morgan fingerprint density at radius 3 is 2.79 bits per heavy atom. The Labute approximate surface area is 119 Å². The van der Waals surface area contributed by atoms with Crippen molar-refractivity contribution in [2.24, 2.45) is 0 Å². The Morgan fingerprint density at radius 1 is 1.32 bits per heavy atom. The van der Waals surface area contributed by atoms with Gasteiger partial charge in [-0.1, -0.05) is 36.8 Å². The Hall–Kier alpha value is -1.32. The van der Waals surface area contributed by atoms with Crippen LogP contribution in [-0.4, -0.2) is 13.7 Å². The zero-order chi connectivity index (χ0) is 13.7. The van der Waals surface area contributed by atoms with Gasteiger partial charge >= 0.3 is 0 Å². The summed E-state index contributed by atoms with van der Waals surface area (Å²) < 4.78 is 5.29. The molecule has 1 N–H and O–H groups in total. The zero-order valence-electron chi connectivity index (χ0n) is 11.8. The molecule has 0 saturated carbocycles. The Balaban J connectivity index is 2.29. The van der Waals surface area contributed by atoms with Gasteiger partial charge in [0, 0.05) is 10.3 Å². The fraction of sp³-hybridized carbons (Fsp3) is 0.375. The average molecular weight is 275 g/mol. The summed E-state index contributed by atoms with van der Waals surface area (Å²) in [6, 6.07) is 11.1. The van der Waals surface area contributed by atoms with Crippen LogP contribution in [0.15, 0.2) is 35.7 Å². The quantitative estimate of drug-likeness (QED) is 0.855. The Kier molecular flexibility index (Phi) is 5.00. The highest BCUT2D eigenvalue weighted by atomic mass is 32.1. The lowest BCUT2D eigenvalue weighted by Gasteiger charge is -2.18. The molecule has 2 nitrogen and oxygen atoms in total. The number of hydrogen-bond acceptors (Lipinski definition) is 3. The van der Waals surface area contributed by atoms with Gasteiger partial charge in [-0.25, -0.2) is 0 Å². The summed E-state index contributed by atoms with van der Waals surface area (Å²) in [6.45, 7) is 5.34. The molecule has 0 aliphatic carbocycles. The molecule has 0 radical (unpaired) electrons. The van der Waals surface area contributed by atoms with E-state index < -0.39 is 0 Å². The van der Waals surface area contributed by atoms with Gasteiger partial charge in [-0.05, 0) is 31.5 Å². The lowest BCUT2D eigenvalue weighted by molar-refractivity contribution is 0.416. The van der Waals surface area contributed by atoms with Crippen LogP contribution in [0.1, 0.15) is 35.4 Å². The molecule has 0 fully saturated rings. The maximum atomic E-state index is 5.29. The van der Waals surface area contributed by atoms with Crippen LogP contribution in [0.4, 0.5) is 0 Å². The molecule has 0 saturated heterocycles. The normalized spacial score (nSPS) is 12.4. The predicted octanol–water partition coefficient (Wildman–Crippen LogP) is 4.15. The molecule has 2 rings (SSSR count). The summed E-state index contributed by atoms with van der Waals surface area (Å²) >= 11 is 1.75. The van der Waals surface area contributed by atoms with Crippen molar-refractivity contribution in [3.05, 3.63) is 51.7 Å². The smallest absolute Gasteiger partial charge is 0.129 e. The van der Waals surface area contributed by atoms with E-state index in [1.165, 1.54) is 16.0 Å². The van der Waals surface area contributed by atoms with E-state index in [4.69, 9.17) is 4.74 Å². The first-order chi connectivity index (χ1) is 9.24. The lowest BCUT2D eigenvalue weighted by Crippen LogP contribution is -2.22. The van der Waals surface area contributed by atoms with Crippen molar-refractivity contribution in [1.82, 2.24) is 5.32 Å². The first kappa shape index (κ1) is 14.1. The van der Waals surface area contributed by atoms with Crippen molar-refractivity contribution >= 4 is 11.3 Å². The summed E-state index contributed by atoms with van der Waals surface area (Å²) in [5, 5.41) is 5.68. The highest BCUT2D eigenvalue weighted by Gasteiger charge is 2.15. The van der Waals surface area contributed by atoms with Crippen molar-refractivity contribution in [2.75, 3.05) is 13.7 Å². The zero-order valence-corrected chi connectivity index (χ0v) is 12.6. The molecular weight excluding hydrogens is 254 g/mol. The monoisotopic (exact) mass is 275 g/mol. The number of thiophene rings is 1. The molecule has 19 heavy (non-hydrogen) atoms. The van der Waals surface area contributed by atoms with E-state index in [0.29, 0.717) is 0 Å². The van der Waals surface area contributed by atoms with Gasteiger partial charge in [-0.2, -0.15) is 0 Å². The van der Waals surface area contributed by atoms with Crippen LogP contribution < -0.4 is 10.1 Å². The average Bonchev–Trinajstić information content (AvgIpc) is 2.88. The third kappa shape index (κ3) is 3.58. The number of hydrogen-bond donors (Lipinski definition) is 1. The van der Waals surface area contributed by atoms with Gasteiger partial charge < -0.3 is 10.1 Å². The number of aryl methyl sites for hydroxylation is 1. The molecular formula is C16H21NOS. The highest BCUT2D eigenvalue weighted by molar-refractivity contribution is 7.10. The Bertz CT molecular complexity index is 521. The van der Waals surface area contributed by atoms with Crippen LogP contribution in [0, 0.1) is 6.92 Å². The molecule has 1 atom stereocenters. The summed E-state index contributed by atoms with van der Waals surface area (Å²) in [4.78, 5) is 1.30. The van der Waals surface area contributed by atoms with Crippen LogP contribution >= 0.6 is 11.3 Å². The molecule has 0 aliphatic rings. The minimum absolute atomic E-state index is 0.258. The number of rotatable bonds is 6. The molecule has 0 spiro atoms. The van der Waals surface area contributed by atoms with E-state index in [0.717, 1.165) is 18.7 Å². The number of nitrogens with one attached hydrogen (secondary N) is 1. The molecule has 1 heterocycles. The molecule has 3 heteroatoms. The summed E-state index contributed by atoms with van der Waals surface area (Å²) in [5.74, 6) is 0.941. The molecule has 2 aromatic rings.